The van der Waals surface area contributed by atoms with Crippen LogP contribution >= 0.6 is 11.3 Å². The Hall–Kier alpha value is -2.08. The second-order valence-corrected chi connectivity index (χ2v) is 5.33. The first kappa shape index (κ1) is 15.3. The smallest absolute Gasteiger partial charge is 0.213 e. The van der Waals surface area contributed by atoms with Crippen molar-refractivity contribution >= 4 is 17.3 Å². The molecule has 2 aromatic heterocycles. The van der Waals surface area contributed by atoms with Crippen LogP contribution in [0, 0.1) is 0 Å². The number of nitrogens with one attached hydrogen (secondary N) is 2. The highest BCUT2D eigenvalue weighted by atomic mass is 32.1. The number of hydrogen-bond donors (Lipinski definition) is 2. The van der Waals surface area contributed by atoms with E-state index in [2.05, 4.69) is 32.1 Å². The van der Waals surface area contributed by atoms with Crippen LogP contribution in [0.1, 0.15) is 17.5 Å². The molecule has 0 saturated carbocycles. The standard InChI is InChI=1S/C15H20N4OS/c1-3-16-15(18-11-13-7-5-9-21-13)17-10-12-6-4-8-14(19-12)20-2/h4-9H,3,10-11H2,1-2H3,(H2,16,17,18). The summed E-state index contributed by atoms with van der Waals surface area (Å²) in [5.41, 5.74) is 0.877. The first-order valence-corrected chi connectivity index (χ1v) is 7.74. The van der Waals surface area contributed by atoms with E-state index in [0.717, 1.165) is 24.7 Å². The number of rotatable bonds is 6. The van der Waals surface area contributed by atoms with Crippen LogP contribution in [-0.2, 0) is 13.1 Å². The third kappa shape index (κ3) is 5.07. The zero-order valence-electron chi connectivity index (χ0n) is 12.3. The first-order valence-electron chi connectivity index (χ1n) is 6.86. The fraction of sp³-hybridized carbons (Fsp3) is 0.333. The Morgan fingerprint density at radius 1 is 1.29 bits per heavy atom. The Morgan fingerprint density at radius 3 is 2.90 bits per heavy atom. The second kappa shape index (κ2) is 8.26. The lowest BCUT2D eigenvalue weighted by Crippen LogP contribution is -2.36. The van der Waals surface area contributed by atoms with E-state index in [-0.39, 0.29) is 0 Å². The summed E-state index contributed by atoms with van der Waals surface area (Å²) in [5, 5.41) is 8.61. The van der Waals surface area contributed by atoms with E-state index >= 15 is 0 Å². The summed E-state index contributed by atoms with van der Waals surface area (Å²) in [7, 11) is 1.61. The molecule has 0 atom stereocenters. The number of guanidine groups is 1. The molecule has 0 unspecified atom stereocenters. The minimum Gasteiger partial charge on any atom is -0.481 e. The zero-order valence-corrected chi connectivity index (χ0v) is 13.1. The van der Waals surface area contributed by atoms with Gasteiger partial charge in [-0.15, -0.1) is 11.3 Å². The van der Waals surface area contributed by atoms with E-state index in [1.807, 2.05) is 31.2 Å². The molecule has 0 fully saturated rings. The van der Waals surface area contributed by atoms with E-state index in [9.17, 15) is 0 Å². The van der Waals surface area contributed by atoms with Crippen molar-refractivity contribution in [2.45, 2.75) is 20.0 Å². The highest BCUT2D eigenvalue weighted by molar-refractivity contribution is 7.09. The van der Waals surface area contributed by atoms with Crippen molar-refractivity contribution in [1.29, 1.82) is 0 Å². The number of pyridine rings is 1. The summed E-state index contributed by atoms with van der Waals surface area (Å²) in [6.07, 6.45) is 0. The van der Waals surface area contributed by atoms with Gasteiger partial charge in [0.1, 0.15) is 0 Å². The minimum absolute atomic E-state index is 0.511. The van der Waals surface area contributed by atoms with Crippen LogP contribution in [0.3, 0.4) is 0 Å². The Morgan fingerprint density at radius 2 is 2.19 bits per heavy atom. The van der Waals surface area contributed by atoms with Crippen LogP contribution < -0.4 is 15.4 Å². The van der Waals surface area contributed by atoms with Crippen LogP contribution in [0.2, 0.25) is 0 Å². The largest absolute Gasteiger partial charge is 0.481 e. The van der Waals surface area contributed by atoms with Gasteiger partial charge in [-0.25, -0.2) is 9.98 Å². The van der Waals surface area contributed by atoms with Gasteiger partial charge in [0.15, 0.2) is 5.96 Å². The van der Waals surface area contributed by atoms with Gasteiger partial charge in [0.25, 0.3) is 0 Å². The van der Waals surface area contributed by atoms with Crippen LogP contribution in [0.15, 0.2) is 40.7 Å². The van der Waals surface area contributed by atoms with Gasteiger partial charge in [0.2, 0.25) is 5.88 Å². The topological polar surface area (TPSA) is 58.5 Å². The molecule has 0 amide bonds. The van der Waals surface area contributed by atoms with Gasteiger partial charge in [0, 0.05) is 17.5 Å². The monoisotopic (exact) mass is 304 g/mol. The van der Waals surface area contributed by atoms with E-state index < -0.39 is 0 Å². The SMILES string of the molecule is CCNC(=NCc1cccc(OC)n1)NCc1cccs1. The lowest BCUT2D eigenvalue weighted by molar-refractivity contribution is 0.396. The summed E-state index contributed by atoms with van der Waals surface area (Å²) < 4.78 is 5.12. The van der Waals surface area contributed by atoms with E-state index in [0.29, 0.717) is 12.4 Å². The van der Waals surface area contributed by atoms with Gasteiger partial charge >= 0.3 is 0 Å². The number of ether oxygens (including phenoxy) is 1. The van der Waals surface area contributed by atoms with E-state index in [1.54, 1.807) is 18.4 Å². The summed E-state index contributed by atoms with van der Waals surface area (Å²) in [6.45, 7) is 4.15. The van der Waals surface area contributed by atoms with Crippen molar-refractivity contribution in [1.82, 2.24) is 15.6 Å². The maximum absolute atomic E-state index is 5.12. The van der Waals surface area contributed by atoms with Gasteiger partial charge < -0.3 is 15.4 Å². The Bertz CT molecular complexity index is 569. The normalized spacial score (nSPS) is 11.2. The van der Waals surface area contributed by atoms with E-state index in [1.165, 1.54) is 4.88 Å². The molecule has 21 heavy (non-hydrogen) atoms. The van der Waals surface area contributed by atoms with Gasteiger partial charge in [-0.2, -0.15) is 0 Å². The molecule has 0 radical (unpaired) electrons. The molecule has 2 aromatic rings. The second-order valence-electron chi connectivity index (χ2n) is 4.30. The number of hydrogen-bond acceptors (Lipinski definition) is 4. The molecule has 0 spiro atoms. The zero-order chi connectivity index (χ0) is 14.9. The molecule has 5 nitrogen and oxygen atoms in total. The predicted octanol–water partition coefficient (Wildman–Crippen LogP) is 2.41. The summed E-state index contributed by atoms with van der Waals surface area (Å²) in [5.74, 6) is 1.40. The van der Waals surface area contributed by atoms with Crippen LogP contribution in [-0.4, -0.2) is 24.6 Å². The molecule has 6 heteroatoms. The van der Waals surface area contributed by atoms with Crippen molar-refractivity contribution in [3.63, 3.8) is 0 Å². The van der Waals surface area contributed by atoms with E-state index in [4.69, 9.17) is 4.74 Å². The average Bonchev–Trinajstić information content (AvgIpc) is 3.03. The number of thiophene rings is 1. The molecular formula is C15H20N4OS. The fourth-order valence-electron chi connectivity index (χ4n) is 1.75. The lowest BCUT2D eigenvalue weighted by Gasteiger charge is -2.10. The molecule has 0 aliphatic heterocycles. The molecular weight excluding hydrogens is 284 g/mol. The van der Waals surface area contributed by atoms with Gasteiger partial charge in [-0.1, -0.05) is 12.1 Å². The van der Waals surface area contributed by atoms with Crippen LogP contribution in [0.5, 0.6) is 5.88 Å². The van der Waals surface area contributed by atoms with Crippen LogP contribution in [0.25, 0.3) is 0 Å². The average molecular weight is 304 g/mol. The Kier molecular flexibility index (Phi) is 6.02. The summed E-state index contributed by atoms with van der Waals surface area (Å²) >= 11 is 1.73. The predicted molar refractivity (Wildman–Crippen MR) is 86.8 cm³/mol. The van der Waals surface area contributed by atoms with Gasteiger partial charge in [-0.3, -0.25) is 0 Å². The highest BCUT2D eigenvalue weighted by Crippen LogP contribution is 2.08. The maximum atomic E-state index is 5.12. The van der Waals surface area contributed by atoms with Gasteiger partial charge in [0.05, 0.1) is 25.9 Å². The van der Waals surface area contributed by atoms with Crippen molar-refractivity contribution in [2.75, 3.05) is 13.7 Å². The fourth-order valence-corrected chi connectivity index (χ4v) is 2.39. The third-order valence-corrected chi connectivity index (χ3v) is 3.62. The number of aromatic nitrogens is 1. The Balaban J connectivity index is 1.95. The molecule has 2 rings (SSSR count). The molecule has 0 bridgehead atoms. The van der Waals surface area contributed by atoms with Crippen molar-refractivity contribution in [3.05, 3.63) is 46.3 Å². The molecule has 0 aliphatic carbocycles. The summed E-state index contributed by atoms with van der Waals surface area (Å²) in [6, 6.07) is 9.84. The van der Waals surface area contributed by atoms with Crippen molar-refractivity contribution in [3.8, 4) is 5.88 Å². The molecule has 0 aromatic carbocycles. The van der Waals surface area contributed by atoms with Crippen molar-refractivity contribution in [2.24, 2.45) is 4.99 Å². The molecule has 2 N–H and O–H groups in total. The number of nitrogens with zero attached hydrogens (tertiary/aromatic N) is 2. The quantitative estimate of drug-likeness (QED) is 0.635. The van der Waals surface area contributed by atoms with Crippen molar-refractivity contribution < 1.29 is 4.74 Å². The molecule has 2 heterocycles. The molecule has 0 saturated heterocycles. The Labute approximate surface area is 129 Å². The number of methoxy groups -OCH3 is 1. The van der Waals surface area contributed by atoms with Gasteiger partial charge in [-0.05, 0) is 24.4 Å². The molecule has 0 aliphatic rings. The third-order valence-electron chi connectivity index (χ3n) is 2.74. The molecule has 112 valence electrons. The highest BCUT2D eigenvalue weighted by Gasteiger charge is 2.00. The lowest BCUT2D eigenvalue weighted by atomic mass is 10.3. The van der Waals surface area contributed by atoms with Crippen LogP contribution in [0.4, 0.5) is 0 Å². The summed E-state index contributed by atoms with van der Waals surface area (Å²) in [4.78, 5) is 10.2. The number of aliphatic imine (C=N–C) groups is 1. The first-order chi connectivity index (χ1) is 10.3. The maximum Gasteiger partial charge on any atom is 0.213 e. The minimum atomic E-state index is 0.511.